The highest BCUT2D eigenvalue weighted by molar-refractivity contribution is 7.92. The van der Waals surface area contributed by atoms with Crippen molar-refractivity contribution in [2.75, 3.05) is 18.0 Å². The molecule has 0 aromatic heterocycles. The van der Waals surface area contributed by atoms with Crippen molar-refractivity contribution in [3.05, 3.63) is 124 Å². The molecule has 1 saturated carbocycles. The van der Waals surface area contributed by atoms with Gasteiger partial charge in [0.25, 0.3) is 10.0 Å². The third-order valence-corrected chi connectivity index (χ3v) is 10.4. The second-order valence-corrected chi connectivity index (χ2v) is 14.3. The third-order valence-electron chi connectivity index (χ3n) is 8.21. The van der Waals surface area contributed by atoms with E-state index in [0.29, 0.717) is 11.3 Å². The minimum absolute atomic E-state index is 0.0111. The van der Waals surface area contributed by atoms with E-state index in [1.165, 1.54) is 35.2 Å². The number of nitrogens with zero attached hydrogens (tertiary/aromatic N) is 2. The van der Waals surface area contributed by atoms with Crippen LogP contribution in [-0.2, 0) is 32.6 Å². The zero-order chi connectivity index (χ0) is 33.4. The summed E-state index contributed by atoms with van der Waals surface area (Å²) in [5.74, 6) is -0.280. The normalized spacial score (nSPS) is 13.9. The standard InChI is InChI=1S/C36H37Cl2N3O5S/c1-46-32-16-10-13-27(19-32)24-40(34(20-26-11-4-2-5-12-26)36(43)39-30-14-8-9-15-30)35(42)25-41(31-22-28(37)21-29(38)23-31)47(44,45)33-17-6-3-7-18-33/h2-7,10-13,16-19,21-23,30,34H,8-9,14-15,20,24-25H2,1H3,(H,39,43)/t34-/m1/s1. The number of anilines is 1. The average molecular weight is 695 g/mol. The van der Waals surface area contributed by atoms with Crippen LogP contribution in [0, 0.1) is 0 Å². The number of amides is 2. The van der Waals surface area contributed by atoms with Crippen LogP contribution in [-0.4, -0.2) is 50.9 Å². The molecule has 8 nitrogen and oxygen atoms in total. The van der Waals surface area contributed by atoms with Gasteiger partial charge in [-0.25, -0.2) is 8.42 Å². The number of sulfonamides is 1. The number of nitrogens with one attached hydrogen (secondary N) is 1. The van der Waals surface area contributed by atoms with Gasteiger partial charge in [0.1, 0.15) is 18.3 Å². The highest BCUT2D eigenvalue weighted by atomic mass is 35.5. The van der Waals surface area contributed by atoms with E-state index in [0.717, 1.165) is 35.6 Å². The van der Waals surface area contributed by atoms with Gasteiger partial charge >= 0.3 is 0 Å². The summed E-state index contributed by atoms with van der Waals surface area (Å²) in [5.41, 5.74) is 1.70. The van der Waals surface area contributed by atoms with Crippen LogP contribution in [0.2, 0.25) is 10.0 Å². The maximum atomic E-state index is 14.6. The van der Waals surface area contributed by atoms with Gasteiger partial charge in [-0.2, -0.15) is 0 Å². The van der Waals surface area contributed by atoms with Gasteiger partial charge < -0.3 is 15.0 Å². The Balaban J connectivity index is 1.59. The number of carbonyl (C=O) groups is 2. The van der Waals surface area contributed by atoms with Crippen LogP contribution in [0.15, 0.2) is 108 Å². The predicted octanol–water partition coefficient (Wildman–Crippen LogP) is 6.90. The van der Waals surface area contributed by atoms with E-state index in [4.69, 9.17) is 27.9 Å². The van der Waals surface area contributed by atoms with Crippen molar-refractivity contribution in [2.24, 2.45) is 0 Å². The number of ether oxygens (including phenoxy) is 1. The fourth-order valence-corrected chi connectivity index (χ4v) is 7.75. The summed E-state index contributed by atoms with van der Waals surface area (Å²) in [6.45, 7) is -0.582. The van der Waals surface area contributed by atoms with E-state index in [1.807, 2.05) is 42.5 Å². The lowest BCUT2D eigenvalue weighted by Gasteiger charge is -2.34. The maximum absolute atomic E-state index is 14.6. The Morgan fingerprint density at radius 2 is 1.47 bits per heavy atom. The van der Waals surface area contributed by atoms with Crippen LogP contribution >= 0.6 is 23.2 Å². The number of hydrogen-bond donors (Lipinski definition) is 1. The molecule has 246 valence electrons. The summed E-state index contributed by atoms with van der Waals surface area (Å²) >= 11 is 12.6. The molecule has 1 aliphatic carbocycles. The number of rotatable bonds is 13. The first kappa shape index (κ1) is 34.3. The molecule has 47 heavy (non-hydrogen) atoms. The monoisotopic (exact) mass is 693 g/mol. The average Bonchev–Trinajstić information content (AvgIpc) is 3.58. The first-order valence-corrected chi connectivity index (χ1v) is 17.6. The highest BCUT2D eigenvalue weighted by Crippen LogP contribution is 2.30. The summed E-state index contributed by atoms with van der Waals surface area (Å²) in [5, 5.41) is 3.59. The van der Waals surface area contributed by atoms with Crippen molar-refractivity contribution in [3.8, 4) is 5.75 Å². The first-order valence-electron chi connectivity index (χ1n) is 15.4. The quantitative estimate of drug-likeness (QED) is 0.164. The molecule has 0 radical (unpaired) electrons. The smallest absolute Gasteiger partial charge is 0.264 e. The zero-order valence-corrected chi connectivity index (χ0v) is 28.3. The molecule has 4 aromatic carbocycles. The molecule has 1 fully saturated rings. The van der Waals surface area contributed by atoms with Crippen LogP contribution in [0.5, 0.6) is 5.75 Å². The van der Waals surface area contributed by atoms with Crippen LogP contribution in [0.25, 0.3) is 0 Å². The summed E-state index contributed by atoms with van der Waals surface area (Å²) in [4.78, 5) is 30.2. The Morgan fingerprint density at radius 3 is 2.11 bits per heavy atom. The van der Waals surface area contributed by atoms with E-state index in [1.54, 1.807) is 37.4 Å². The predicted molar refractivity (Wildman–Crippen MR) is 185 cm³/mol. The van der Waals surface area contributed by atoms with Crippen molar-refractivity contribution in [1.29, 1.82) is 0 Å². The Hall–Kier alpha value is -4.05. The molecule has 1 aliphatic rings. The van der Waals surface area contributed by atoms with Crippen LogP contribution < -0.4 is 14.4 Å². The molecule has 0 spiro atoms. The Bertz CT molecular complexity index is 1760. The molecule has 0 heterocycles. The van der Waals surface area contributed by atoms with Crippen molar-refractivity contribution in [3.63, 3.8) is 0 Å². The van der Waals surface area contributed by atoms with Crippen molar-refractivity contribution in [2.45, 2.75) is 55.6 Å². The summed E-state index contributed by atoms with van der Waals surface area (Å²) in [7, 11) is -2.72. The molecule has 0 aliphatic heterocycles. The lowest BCUT2D eigenvalue weighted by molar-refractivity contribution is -0.140. The molecule has 5 rings (SSSR count). The highest BCUT2D eigenvalue weighted by Gasteiger charge is 2.35. The fraction of sp³-hybridized carbons (Fsp3) is 0.278. The SMILES string of the molecule is COc1cccc(CN(C(=O)CN(c2cc(Cl)cc(Cl)c2)S(=O)(=O)c2ccccc2)[C@H](Cc2ccccc2)C(=O)NC2CCCC2)c1. The molecule has 4 aromatic rings. The van der Waals surface area contributed by atoms with Crippen molar-refractivity contribution >= 4 is 50.7 Å². The van der Waals surface area contributed by atoms with Crippen molar-refractivity contribution in [1.82, 2.24) is 10.2 Å². The van der Waals surface area contributed by atoms with E-state index in [-0.39, 0.29) is 45.5 Å². The molecular formula is C36H37Cl2N3O5S. The second-order valence-electron chi connectivity index (χ2n) is 11.5. The lowest BCUT2D eigenvalue weighted by Crippen LogP contribution is -2.54. The number of carbonyl (C=O) groups excluding carboxylic acids is 2. The lowest BCUT2D eigenvalue weighted by atomic mass is 10.0. The molecule has 1 atom stereocenters. The molecule has 11 heteroatoms. The second kappa shape index (κ2) is 15.7. The van der Waals surface area contributed by atoms with Crippen LogP contribution in [0.3, 0.4) is 0 Å². The van der Waals surface area contributed by atoms with Gasteiger partial charge in [-0.1, -0.05) is 96.7 Å². The number of halogens is 2. The Labute approximate surface area is 286 Å². The van der Waals surface area contributed by atoms with Crippen LogP contribution in [0.4, 0.5) is 5.69 Å². The third kappa shape index (κ3) is 8.86. The number of hydrogen-bond acceptors (Lipinski definition) is 5. The van der Waals surface area contributed by atoms with Gasteiger partial charge in [0, 0.05) is 29.1 Å². The largest absolute Gasteiger partial charge is 0.497 e. The van der Waals surface area contributed by atoms with Gasteiger partial charge in [-0.05, 0) is 66.4 Å². The van der Waals surface area contributed by atoms with Gasteiger partial charge in [-0.15, -0.1) is 0 Å². The van der Waals surface area contributed by atoms with E-state index >= 15 is 0 Å². The van der Waals surface area contributed by atoms with E-state index in [9.17, 15) is 18.0 Å². The fourth-order valence-electron chi connectivity index (χ4n) is 5.82. The molecule has 1 N–H and O–H groups in total. The van der Waals surface area contributed by atoms with E-state index in [2.05, 4.69) is 5.32 Å². The van der Waals surface area contributed by atoms with Crippen molar-refractivity contribution < 1.29 is 22.7 Å². The minimum Gasteiger partial charge on any atom is -0.497 e. The summed E-state index contributed by atoms with van der Waals surface area (Å²) in [6.07, 6.45) is 4.01. The molecule has 0 bridgehead atoms. The van der Waals surface area contributed by atoms with E-state index < -0.39 is 28.5 Å². The first-order chi connectivity index (χ1) is 22.6. The minimum atomic E-state index is -4.28. The maximum Gasteiger partial charge on any atom is 0.264 e. The molecular weight excluding hydrogens is 657 g/mol. The summed E-state index contributed by atoms with van der Waals surface area (Å²) < 4.78 is 34.7. The summed E-state index contributed by atoms with van der Waals surface area (Å²) in [6, 6.07) is 28.0. The van der Waals surface area contributed by atoms with Gasteiger partial charge in [0.2, 0.25) is 11.8 Å². The molecule has 0 saturated heterocycles. The zero-order valence-electron chi connectivity index (χ0n) is 26.0. The van der Waals surface area contributed by atoms with Crippen LogP contribution in [0.1, 0.15) is 36.8 Å². The Kier molecular flexibility index (Phi) is 11.4. The Morgan fingerprint density at radius 1 is 0.851 bits per heavy atom. The van der Waals surface area contributed by atoms with Gasteiger partial charge in [0.05, 0.1) is 17.7 Å². The number of methoxy groups -OCH3 is 1. The topological polar surface area (TPSA) is 96.0 Å². The number of benzene rings is 4. The molecule has 2 amide bonds. The molecule has 0 unspecified atom stereocenters. The van der Waals surface area contributed by atoms with Gasteiger partial charge in [0.15, 0.2) is 0 Å². The van der Waals surface area contributed by atoms with Gasteiger partial charge in [-0.3, -0.25) is 13.9 Å².